The van der Waals surface area contributed by atoms with E-state index in [4.69, 9.17) is 14.2 Å². The van der Waals surface area contributed by atoms with E-state index >= 15 is 0 Å². The van der Waals surface area contributed by atoms with Gasteiger partial charge in [-0.25, -0.2) is 0 Å². The highest BCUT2D eigenvalue weighted by Gasteiger charge is 2.35. The maximum atomic E-state index is 11.7. The molecular formula is C31H40N2O4S. The zero-order chi connectivity index (χ0) is 26.9. The second-order valence-corrected chi connectivity index (χ2v) is 9.34. The van der Waals surface area contributed by atoms with Crippen molar-refractivity contribution in [2.24, 2.45) is 0 Å². The lowest BCUT2D eigenvalue weighted by Gasteiger charge is -2.37. The highest BCUT2D eigenvalue weighted by molar-refractivity contribution is 7.80. The number of amides is 1. The quantitative estimate of drug-likeness (QED) is 0.124. The molecule has 0 aliphatic carbocycles. The van der Waals surface area contributed by atoms with Gasteiger partial charge in [0, 0.05) is 19.5 Å². The van der Waals surface area contributed by atoms with E-state index in [1.54, 1.807) is 7.11 Å². The van der Waals surface area contributed by atoms with E-state index < -0.39 is 5.54 Å². The third-order valence-corrected chi connectivity index (χ3v) is 6.64. The molecule has 0 bridgehead atoms. The Bertz CT molecular complexity index is 1010. The molecule has 0 saturated carbocycles. The van der Waals surface area contributed by atoms with E-state index in [1.807, 2.05) is 24.3 Å². The van der Waals surface area contributed by atoms with Crippen molar-refractivity contribution >= 4 is 18.5 Å². The summed E-state index contributed by atoms with van der Waals surface area (Å²) in [5.41, 5.74) is 2.85. The monoisotopic (exact) mass is 536 g/mol. The van der Waals surface area contributed by atoms with Crippen LogP contribution in [0.25, 0.3) is 0 Å². The van der Waals surface area contributed by atoms with Crippen molar-refractivity contribution in [3.8, 4) is 5.75 Å². The summed E-state index contributed by atoms with van der Waals surface area (Å²) in [5, 5.41) is 6.68. The number of nitrogens with one attached hydrogen (secondary N) is 2. The minimum Gasteiger partial charge on any atom is -0.497 e. The second-order valence-electron chi connectivity index (χ2n) is 8.89. The zero-order valence-corrected chi connectivity index (χ0v) is 23.1. The van der Waals surface area contributed by atoms with Crippen molar-refractivity contribution in [1.82, 2.24) is 10.6 Å². The van der Waals surface area contributed by atoms with Gasteiger partial charge >= 0.3 is 0 Å². The number of carbonyl (C=O) groups excluding carboxylic acids is 1. The summed E-state index contributed by atoms with van der Waals surface area (Å²) in [5.74, 6) is 1.70. The molecular weight excluding hydrogens is 496 g/mol. The van der Waals surface area contributed by atoms with Crippen LogP contribution in [0.4, 0.5) is 0 Å². The molecule has 0 radical (unpaired) electrons. The first kappa shape index (κ1) is 29.7. The maximum Gasteiger partial charge on any atom is 0.220 e. The van der Waals surface area contributed by atoms with Crippen LogP contribution >= 0.6 is 12.6 Å². The number of benzene rings is 3. The fourth-order valence-electron chi connectivity index (χ4n) is 4.40. The molecule has 1 amide bonds. The highest BCUT2D eigenvalue weighted by atomic mass is 32.1. The van der Waals surface area contributed by atoms with Crippen molar-refractivity contribution in [3.05, 3.63) is 102 Å². The number of thiol groups is 1. The van der Waals surface area contributed by atoms with Gasteiger partial charge < -0.3 is 19.5 Å². The SMILES string of the molecule is COc1ccc(C(NCCOCCOCCNC(=O)CCCCS)(c2ccccc2)c2ccccc2)cc1. The molecule has 7 heteroatoms. The smallest absolute Gasteiger partial charge is 0.220 e. The fraction of sp³-hybridized carbons (Fsp3) is 0.387. The standard InChI is InChI=1S/C31H40N2O4S/c1-35-29-17-15-28(16-18-29)31(26-10-4-2-5-11-26,27-12-6-3-7-13-27)33-20-22-37-24-23-36-21-19-32-30(34)14-8-9-25-38/h2-7,10-13,15-18,33,38H,8-9,14,19-25H2,1H3,(H,32,34). The Morgan fingerprint density at radius 1 is 0.737 bits per heavy atom. The predicted molar refractivity (Wildman–Crippen MR) is 156 cm³/mol. The third kappa shape index (κ3) is 8.88. The number of unbranched alkanes of at least 4 members (excludes halogenated alkanes) is 1. The summed E-state index contributed by atoms with van der Waals surface area (Å²) < 4.78 is 16.9. The molecule has 0 heterocycles. The van der Waals surface area contributed by atoms with Crippen LogP contribution in [-0.2, 0) is 19.8 Å². The van der Waals surface area contributed by atoms with Gasteiger partial charge in [0.05, 0.1) is 39.1 Å². The molecule has 0 aliphatic rings. The number of hydrogen-bond acceptors (Lipinski definition) is 6. The highest BCUT2D eigenvalue weighted by Crippen LogP contribution is 2.37. The average Bonchev–Trinajstić information content (AvgIpc) is 2.97. The van der Waals surface area contributed by atoms with Crippen LogP contribution < -0.4 is 15.4 Å². The molecule has 2 N–H and O–H groups in total. The van der Waals surface area contributed by atoms with E-state index in [-0.39, 0.29) is 5.91 Å². The van der Waals surface area contributed by atoms with Gasteiger partial charge in [-0.15, -0.1) is 0 Å². The summed E-state index contributed by atoms with van der Waals surface area (Å²) in [6.45, 7) is 3.13. The molecule has 6 nitrogen and oxygen atoms in total. The number of methoxy groups -OCH3 is 1. The van der Waals surface area contributed by atoms with E-state index in [9.17, 15) is 4.79 Å². The summed E-state index contributed by atoms with van der Waals surface area (Å²) in [6.07, 6.45) is 2.37. The number of rotatable bonds is 18. The first-order valence-corrected chi connectivity index (χ1v) is 13.9. The minimum atomic E-state index is -0.556. The van der Waals surface area contributed by atoms with E-state index in [1.165, 1.54) is 0 Å². The molecule has 3 rings (SSSR count). The van der Waals surface area contributed by atoms with Gasteiger partial charge in [-0.3, -0.25) is 10.1 Å². The van der Waals surface area contributed by atoms with Crippen LogP contribution in [0.5, 0.6) is 5.75 Å². The van der Waals surface area contributed by atoms with Gasteiger partial charge in [-0.05, 0) is 47.4 Å². The maximum absolute atomic E-state index is 11.7. The molecule has 0 aliphatic heterocycles. The Morgan fingerprint density at radius 2 is 1.29 bits per heavy atom. The normalized spacial score (nSPS) is 11.3. The van der Waals surface area contributed by atoms with Crippen molar-refractivity contribution in [3.63, 3.8) is 0 Å². The number of hydrogen-bond donors (Lipinski definition) is 3. The van der Waals surface area contributed by atoms with Crippen LogP contribution in [0.15, 0.2) is 84.9 Å². The van der Waals surface area contributed by atoms with Gasteiger partial charge in [0.15, 0.2) is 0 Å². The lowest BCUT2D eigenvalue weighted by Crippen LogP contribution is -2.46. The molecule has 0 spiro atoms. The van der Waals surface area contributed by atoms with Gasteiger partial charge in [-0.1, -0.05) is 72.8 Å². The molecule has 0 unspecified atom stereocenters. The minimum absolute atomic E-state index is 0.0647. The van der Waals surface area contributed by atoms with Crippen LogP contribution in [0.3, 0.4) is 0 Å². The van der Waals surface area contributed by atoms with Gasteiger partial charge in [0.2, 0.25) is 5.91 Å². The Balaban J connectivity index is 1.55. The molecule has 0 atom stereocenters. The van der Waals surface area contributed by atoms with Crippen LogP contribution in [0.1, 0.15) is 36.0 Å². The van der Waals surface area contributed by atoms with Crippen molar-refractivity contribution in [2.45, 2.75) is 24.8 Å². The van der Waals surface area contributed by atoms with Crippen molar-refractivity contribution in [1.29, 1.82) is 0 Å². The van der Waals surface area contributed by atoms with E-state index in [0.29, 0.717) is 45.9 Å². The number of carbonyl (C=O) groups is 1. The first-order valence-electron chi connectivity index (χ1n) is 13.2. The van der Waals surface area contributed by atoms with Crippen LogP contribution in [-0.4, -0.2) is 58.3 Å². The lowest BCUT2D eigenvalue weighted by atomic mass is 9.77. The van der Waals surface area contributed by atoms with Crippen LogP contribution in [0.2, 0.25) is 0 Å². The van der Waals surface area contributed by atoms with Crippen molar-refractivity contribution in [2.75, 3.05) is 52.4 Å². The molecule has 0 fully saturated rings. The second kappa shape index (κ2) is 16.9. The molecule has 0 saturated heterocycles. The van der Waals surface area contributed by atoms with E-state index in [2.05, 4.69) is 83.9 Å². The van der Waals surface area contributed by atoms with E-state index in [0.717, 1.165) is 41.0 Å². The molecule has 38 heavy (non-hydrogen) atoms. The number of ether oxygens (including phenoxy) is 3. The first-order chi connectivity index (χ1) is 18.7. The van der Waals surface area contributed by atoms with Crippen molar-refractivity contribution < 1.29 is 19.0 Å². The van der Waals surface area contributed by atoms with Gasteiger partial charge in [-0.2, -0.15) is 12.6 Å². The molecule has 204 valence electrons. The van der Waals surface area contributed by atoms with Gasteiger partial charge in [0.1, 0.15) is 5.75 Å². The largest absolute Gasteiger partial charge is 0.497 e. The zero-order valence-electron chi connectivity index (χ0n) is 22.2. The fourth-order valence-corrected chi connectivity index (χ4v) is 4.63. The Hall–Kier alpha value is -2.84. The molecule has 3 aromatic carbocycles. The lowest BCUT2D eigenvalue weighted by molar-refractivity contribution is -0.121. The summed E-state index contributed by atoms with van der Waals surface area (Å²) in [4.78, 5) is 11.7. The van der Waals surface area contributed by atoms with Gasteiger partial charge in [0.25, 0.3) is 0 Å². The Morgan fingerprint density at radius 3 is 1.84 bits per heavy atom. The summed E-state index contributed by atoms with van der Waals surface area (Å²) in [6, 6.07) is 29.1. The molecule has 3 aromatic rings. The Kier molecular flexibility index (Phi) is 13.2. The Labute approximate surface area is 232 Å². The summed E-state index contributed by atoms with van der Waals surface area (Å²) >= 11 is 4.16. The predicted octanol–water partition coefficient (Wildman–Crippen LogP) is 4.83. The van der Waals surface area contributed by atoms with Crippen LogP contribution in [0, 0.1) is 0 Å². The third-order valence-electron chi connectivity index (χ3n) is 6.33. The summed E-state index contributed by atoms with van der Waals surface area (Å²) in [7, 11) is 1.68. The molecule has 0 aromatic heterocycles. The average molecular weight is 537 g/mol. The topological polar surface area (TPSA) is 68.8 Å².